The van der Waals surface area contributed by atoms with E-state index in [9.17, 15) is 0 Å². The van der Waals surface area contributed by atoms with Crippen molar-refractivity contribution in [3.05, 3.63) is 17.8 Å². The van der Waals surface area contributed by atoms with E-state index in [1.165, 1.54) is 25.8 Å². The number of hydrogen-bond donors (Lipinski definition) is 1. The van der Waals surface area contributed by atoms with Gasteiger partial charge in [0.1, 0.15) is 0 Å². The minimum absolute atomic E-state index is 0.730. The van der Waals surface area contributed by atoms with Crippen LogP contribution in [0.15, 0.2) is 12.1 Å². The molecule has 3 rings (SSSR count). The molecule has 1 aliphatic heterocycles. The van der Waals surface area contributed by atoms with E-state index in [1.807, 2.05) is 0 Å². The van der Waals surface area contributed by atoms with E-state index in [2.05, 4.69) is 39.5 Å². The van der Waals surface area contributed by atoms with E-state index in [0.717, 1.165) is 36.6 Å². The smallest absolute Gasteiger partial charge is 0.151 e. The maximum absolute atomic E-state index is 4.37. The van der Waals surface area contributed by atoms with Crippen LogP contribution >= 0.6 is 0 Å². The van der Waals surface area contributed by atoms with Crippen LogP contribution < -0.4 is 10.2 Å². The van der Waals surface area contributed by atoms with Crippen LogP contribution in [0.2, 0.25) is 0 Å². The van der Waals surface area contributed by atoms with Gasteiger partial charge in [0, 0.05) is 19.1 Å². The lowest BCUT2D eigenvalue weighted by Crippen LogP contribution is -2.32. The first-order valence-corrected chi connectivity index (χ1v) is 6.66. The number of nitrogens with zero attached hydrogens (tertiary/aromatic N) is 3. The SMILES string of the molecule is CCNCc1ccc(N2CC3CCC2C3)nn1. The lowest BCUT2D eigenvalue weighted by atomic mass is 10.1. The third-order valence-electron chi connectivity index (χ3n) is 3.97. The highest BCUT2D eigenvalue weighted by atomic mass is 15.3. The molecule has 0 spiro atoms. The molecule has 2 fully saturated rings. The number of nitrogens with one attached hydrogen (secondary N) is 1. The second kappa shape index (κ2) is 4.61. The fourth-order valence-electron chi connectivity index (χ4n) is 3.06. The van der Waals surface area contributed by atoms with Crippen LogP contribution in [0.25, 0.3) is 0 Å². The third kappa shape index (κ3) is 2.14. The van der Waals surface area contributed by atoms with Crippen molar-refractivity contribution >= 4 is 5.82 Å². The van der Waals surface area contributed by atoms with Gasteiger partial charge in [0.25, 0.3) is 0 Å². The molecule has 1 N–H and O–H groups in total. The van der Waals surface area contributed by atoms with Gasteiger partial charge in [-0.15, -0.1) is 5.10 Å². The summed E-state index contributed by atoms with van der Waals surface area (Å²) in [6.45, 7) is 5.07. The minimum Gasteiger partial charge on any atom is -0.352 e. The molecular weight excluding hydrogens is 212 g/mol. The topological polar surface area (TPSA) is 41.0 Å². The van der Waals surface area contributed by atoms with Gasteiger partial charge < -0.3 is 10.2 Å². The van der Waals surface area contributed by atoms with Gasteiger partial charge in [-0.05, 0) is 43.9 Å². The van der Waals surface area contributed by atoms with Crippen molar-refractivity contribution in [1.29, 1.82) is 0 Å². The van der Waals surface area contributed by atoms with E-state index >= 15 is 0 Å². The van der Waals surface area contributed by atoms with Crippen molar-refractivity contribution in [2.24, 2.45) is 5.92 Å². The number of hydrogen-bond acceptors (Lipinski definition) is 4. The quantitative estimate of drug-likeness (QED) is 0.855. The molecule has 92 valence electrons. The highest BCUT2D eigenvalue weighted by Gasteiger charge is 2.38. The van der Waals surface area contributed by atoms with Gasteiger partial charge in [-0.25, -0.2) is 0 Å². The normalized spacial score (nSPS) is 26.8. The van der Waals surface area contributed by atoms with E-state index in [1.54, 1.807) is 0 Å². The zero-order valence-corrected chi connectivity index (χ0v) is 10.4. The Morgan fingerprint density at radius 2 is 2.29 bits per heavy atom. The molecule has 2 aliphatic rings. The molecule has 0 aromatic carbocycles. The zero-order chi connectivity index (χ0) is 11.7. The monoisotopic (exact) mass is 232 g/mol. The first kappa shape index (κ1) is 11.0. The van der Waals surface area contributed by atoms with Crippen LogP contribution in [0.1, 0.15) is 31.9 Å². The Bertz CT molecular complexity index is 376. The molecule has 1 aromatic rings. The van der Waals surface area contributed by atoms with Crippen LogP contribution in [-0.2, 0) is 6.54 Å². The standard InChI is InChI=1S/C13H20N4/c1-2-14-8-11-4-6-13(16-15-11)17-9-10-3-5-12(17)7-10/h4,6,10,12,14H,2-3,5,7-9H2,1H3. The van der Waals surface area contributed by atoms with Crippen molar-refractivity contribution in [2.45, 2.75) is 38.8 Å². The Morgan fingerprint density at radius 1 is 1.35 bits per heavy atom. The maximum atomic E-state index is 4.37. The lowest BCUT2D eigenvalue weighted by molar-refractivity contribution is 0.548. The van der Waals surface area contributed by atoms with Crippen LogP contribution in [0.3, 0.4) is 0 Å². The molecule has 17 heavy (non-hydrogen) atoms. The Morgan fingerprint density at radius 3 is 2.88 bits per heavy atom. The number of anilines is 1. The zero-order valence-electron chi connectivity index (χ0n) is 10.4. The number of rotatable bonds is 4. The average molecular weight is 232 g/mol. The number of fused-ring (bicyclic) bond motifs is 2. The van der Waals surface area contributed by atoms with Crippen molar-refractivity contribution in [3.8, 4) is 0 Å². The van der Waals surface area contributed by atoms with E-state index < -0.39 is 0 Å². The van der Waals surface area contributed by atoms with Crippen molar-refractivity contribution in [3.63, 3.8) is 0 Å². The Kier molecular flexibility index (Phi) is 2.97. The lowest BCUT2D eigenvalue weighted by Gasteiger charge is -2.27. The predicted molar refractivity (Wildman–Crippen MR) is 67.9 cm³/mol. The summed E-state index contributed by atoms with van der Waals surface area (Å²) in [6.07, 6.45) is 4.11. The highest BCUT2D eigenvalue weighted by molar-refractivity contribution is 5.41. The molecule has 2 atom stereocenters. The van der Waals surface area contributed by atoms with Crippen LogP contribution in [0.4, 0.5) is 5.82 Å². The second-order valence-electron chi connectivity index (χ2n) is 5.15. The Labute approximate surface area is 102 Å². The molecule has 1 aliphatic carbocycles. The molecule has 0 amide bonds. The average Bonchev–Trinajstić information content (AvgIpc) is 2.99. The Hall–Kier alpha value is -1.16. The summed E-state index contributed by atoms with van der Waals surface area (Å²) in [5, 5.41) is 11.9. The van der Waals surface area contributed by atoms with E-state index in [0.29, 0.717) is 0 Å². The van der Waals surface area contributed by atoms with Gasteiger partial charge in [-0.1, -0.05) is 6.92 Å². The van der Waals surface area contributed by atoms with Gasteiger partial charge in [0.2, 0.25) is 0 Å². The summed E-state index contributed by atoms with van der Waals surface area (Å²) in [5.41, 5.74) is 1.03. The summed E-state index contributed by atoms with van der Waals surface area (Å²) in [4.78, 5) is 2.44. The maximum Gasteiger partial charge on any atom is 0.151 e. The second-order valence-corrected chi connectivity index (χ2v) is 5.15. The van der Waals surface area contributed by atoms with Gasteiger partial charge >= 0.3 is 0 Å². The van der Waals surface area contributed by atoms with Gasteiger partial charge in [-0.2, -0.15) is 5.10 Å². The summed E-state index contributed by atoms with van der Waals surface area (Å²) >= 11 is 0. The molecule has 2 unspecified atom stereocenters. The van der Waals surface area contributed by atoms with E-state index in [4.69, 9.17) is 0 Å². The fraction of sp³-hybridized carbons (Fsp3) is 0.692. The van der Waals surface area contributed by atoms with Crippen molar-refractivity contribution in [2.75, 3.05) is 18.0 Å². The minimum atomic E-state index is 0.730. The number of aromatic nitrogens is 2. The Balaban J connectivity index is 1.68. The molecule has 1 saturated heterocycles. The molecule has 2 bridgehead atoms. The molecule has 2 heterocycles. The largest absolute Gasteiger partial charge is 0.352 e. The molecule has 0 radical (unpaired) electrons. The first-order valence-electron chi connectivity index (χ1n) is 6.66. The fourth-order valence-corrected chi connectivity index (χ4v) is 3.06. The third-order valence-corrected chi connectivity index (χ3v) is 3.97. The van der Waals surface area contributed by atoms with E-state index in [-0.39, 0.29) is 0 Å². The molecule has 1 aromatic heterocycles. The van der Waals surface area contributed by atoms with Crippen molar-refractivity contribution < 1.29 is 0 Å². The summed E-state index contributed by atoms with van der Waals surface area (Å²) in [7, 11) is 0. The summed E-state index contributed by atoms with van der Waals surface area (Å²) < 4.78 is 0. The predicted octanol–water partition coefficient (Wildman–Crippen LogP) is 1.57. The van der Waals surface area contributed by atoms with Crippen LogP contribution in [0.5, 0.6) is 0 Å². The molecule has 4 nitrogen and oxygen atoms in total. The molecular formula is C13H20N4. The molecule has 4 heteroatoms. The van der Waals surface area contributed by atoms with Crippen LogP contribution in [0, 0.1) is 5.92 Å². The number of piperidine rings is 1. The molecule has 1 saturated carbocycles. The van der Waals surface area contributed by atoms with Gasteiger partial charge in [0.05, 0.1) is 5.69 Å². The summed E-state index contributed by atoms with van der Waals surface area (Å²) in [5.74, 6) is 1.97. The van der Waals surface area contributed by atoms with Gasteiger partial charge in [0.15, 0.2) is 5.82 Å². The van der Waals surface area contributed by atoms with Gasteiger partial charge in [-0.3, -0.25) is 0 Å². The first-order chi connectivity index (χ1) is 8.36. The van der Waals surface area contributed by atoms with Crippen molar-refractivity contribution in [1.82, 2.24) is 15.5 Å². The highest BCUT2D eigenvalue weighted by Crippen LogP contribution is 2.39. The summed E-state index contributed by atoms with van der Waals surface area (Å²) in [6, 6.07) is 4.95. The van der Waals surface area contributed by atoms with Crippen LogP contribution in [-0.4, -0.2) is 29.3 Å².